The fourth-order valence-electron chi connectivity index (χ4n) is 1.28. The number of aryl methyl sites for hydroxylation is 1. The molecule has 0 saturated carbocycles. The molecule has 0 radical (unpaired) electrons. The van der Waals surface area contributed by atoms with Crippen LogP contribution in [0.4, 0.5) is 11.8 Å². The van der Waals surface area contributed by atoms with E-state index in [0.717, 1.165) is 24.5 Å². The van der Waals surface area contributed by atoms with Crippen molar-refractivity contribution in [2.75, 3.05) is 23.7 Å². The summed E-state index contributed by atoms with van der Waals surface area (Å²) in [6, 6.07) is 1.86. The van der Waals surface area contributed by atoms with Crippen molar-refractivity contribution >= 4 is 11.8 Å². The fourth-order valence-corrected chi connectivity index (χ4v) is 1.28. The highest BCUT2D eigenvalue weighted by atomic mass is 16.3. The summed E-state index contributed by atoms with van der Waals surface area (Å²) in [6.45, 7) is 8.84. The molecule has 5 nitrogen and oxygen atoms in total. The van der Waals surface area contributed by atoms with E-state index >= 15 is 0 Å². The Morgan fingerprint density at radius 1 is 1.29 bits per heavy atom. The van der Waals surface area contributed by atoms with Crippen LogP contribution >= 0.6 is 0 Å². The van der Waals surface area contributed by atoms with Crippen LogP contribution < -0.4 is 10.6 Å². The van der Waals surface area contributed by atoms with Gasteiger partial charge in [0.05, 0.1) is 5.60 Å². The fraction of sp³-hybridized carbons (Fsp3) is 0.667. The first-order chi connectivity index (χ1) is 7.90. The minimum atomic E-state index is -0.754. The smallest absolute Gasteiger partial charge is 0.224 e. The highest BCUT2D eigenvalue weighted by molar-refractivity contribution is 5.42. The molecule has 0 fully saturated rings. The van der Waals surface area contributed by atoms with Crippen LogP contribution in [0.2, 0.25) is 0 Å². The molecule has 0 aliphatic carbocycles. The molecule has 0 bridgehead atoms. The molecule has 0 aliphatic rings. The van der Waals surface area contributed by atoms with Gasteiger partial charge in [-0.15, -0.1) is 0 Å². The van der Waals surface area contributed by atoms with Crippen LogP contribution in [0, 0.1) is 6.92 Å². The number of nitrogens with one attached hydrogen (secondary N) is 2. The van der Waals surface area contributed by atoms with E-state index in [-0.39, 0.29) is 0 Å². The zero-order chi connectivity index (χ0) is 12.9. The highest BCUT2D eigenvalue weighted by Crippen LogP contribution is 2.11. The average Bonchev–Trinajstić information content (AvgIpc) is 2.22. The number of hydrogen-bond acceptors (Lipinski definition) is 5. The van der Waals surface area contributed by atoms with E-state index in [2.05, 4.69) is 27.5 Å². The average molecular weight is 238 g/mol. The molecule has 1 heterocycles. The monoisotopic (exact) mass is 238 g/mol. The molecule has 3 N–H and O–H groups in total. The highest BCUT2D eigenvalue weighted by Gasteiger charge is 2.12. The molecule has 0 aromatic carbocycles. The molecule has 17 heavy (non-hydrogen) atoms. The summed E-state index contributed by atoms with van der Waals surface area (Å²) in [6.07, 6.45) is 1.03. The molecule has 0 atom stereocenters. The van der Waals surface area contributed by atoms with E-state index in [0.29, 0.717) is 12.5 Å². The van der Waals surface area contributed by atoms with Gasteiger partial charge in [-0.3, -0.25) is 0 Å². The first kappa shape index (κ1) is 13.7. The molecule has 0 aliphatic heterocycles. The molecular formula is C12H22N4O. The molecule has 1 aromatic heterocycles. The Kier molecular flexibility index (Phi) is 4.69. The van der Waals surface area contributed by atoms with Crippen molar-refractivity contribution < 1.29 is 5.11 Å². The second-order valence-electron chi connectivity index (χ2n) is 4.81. The molecule has 0 amide bonds. The zero-order valence-corrected chi connectivity index (χ0v) is 11.0. The quantitative estimate of drug-likeness (QED) is 0.705. The van der Waals surface area contributed by atoms with E-state index in [1.807, 2.05) is 13.0 Å². The first-order valence-electron chi connectivity index (χ1n) is 5.96. The summed E-state index contributed by atoms with van der Waals surface area (Å²) in [5.41, 5.74) is 0.146. The van der Waals surface area contributed by atoms with Crippen LogP contribution in [-0.4, -0.2) is 33.8 Å². The maximum Gasteiger partial charge on any atom is 0.224 e. The summed E-state index contributed by atoms with van der Waals surface area (Å²) in [4.78, 5) is 8.62. The van der Waals surface area contributed by atoms with Gasteiger partial charge in [-0.25, -0.2) is 4.98 Å². The maximum atomic E-state index is 9.64. The standard InChI is InChI=1S/C12H22N4O/c1-5-6-13-11-15-9(2)7-10(16-11)14-8-12(3,4)17/h7,17H,5-6,8H2,1-4H3,(H2,13,14,15,16). The Morgan fingerprint density at radius 2 is 2.00 bits per heavy atom. The van der Waals surface area contributed by atoms with Gasteiger partial charge in [0.25, 0.3) is 0 Å². The molecule has 0 saturated heterocycles. The van der Waals surface area contributed by atoms with Crippen molar-refractivity contribution in [3.63, 3.8) is 0 Å². The van der Waals surface area contributed by atoms with Gasteiger partial charge >= 0.3 is 0 Å². The van der Waals surface area contributed by atoms with Gasteiger partial charge in [0.15, 0.2) is 0 Å². The number of nitrogens with zero attached hydrogens (tertiary/aromatic N) is 2. The van der Waals surface area contributed by atoms with E-state index in [1.54, 1.807) is 13.8 Å². The predicted octanol–water partition coefficient (Wildman–Crippen LogP) is 1.79. The van der Waals surface area contributed by atoms with Gasteiger partial charge in [0.1, 0.15) is 5.82 Å². The summed E-state index contributed by atoms with van der Waals surface area (Å²) < 4.78 is 0. The Bertz CT molecular complexity index is 360. The van der Waals surface area contributed by atoms with Crippen LogP contribution in [0.1, 0.15) is 32.9 Å². The molecule has 0 spiro atoms. The predicted molar refractivity (Wildman–Crippen MR) is 70.3 cm³/mol. The lowest BCUT2D eigenvalue weighted by Gasteiger charge is -2.18. The number of aliphatic hydroxyl groups is 1. The second kappa shape index (κ2) is 5.82. The summed E-state index contributed by atoms with van der Waals surface area (Å²) in [5.74, 6) is 1.36. The molecular weight excluding hydrogens is 216 g/mol. The molecule has 96 valence electrons. The Balaban J connectivity index is 2.68. The van der Waals surface area contributed by atoms with Gasteiger partial charge in [-0.2, -0.15) is 4.98 Å². The minimum absolute atomic E-state index is 0.455. The number of hydrogen-bond donors (Lipinski definition) is 3. The zero-order valence-electron chi connectivity index (χ0n) is 11.0. The SMILES string of the molecule is CCCNc1nc(C)cc(NCC(C)(C)O)n1. The van der Waals surface area contributed by atoms with Crippen molar-refractivity contribution in [1.82, 2.24) is 9.97 Å². The largest absolute Gasteiger partial charge is 0.389 e. The summed E-state index contributed by atoms with van der Waals surface area (Å²) in [5, 5.41) is 15.9. The van der Waals surface area contributed by atoms with Gasteiger partial charge in [0, 0.05) is 24.8 Å². The van der Waals surface area contributed by atoms with Crippen LogP contribution in [0.25, 0.3) is 0 Å². The Morgan fingerprint density at radius 3 is 2.59 bits per heavy atom. The third-order valence-electron chi connectivity index (χ3n) is 2.09. The lowest BCUT2D eigenvalue weighted by molar-refractivity contribution is 0.0944. The Hall–Kier alpha value is -1.36. The van der Waals surface area contributed by atoms with Gasteiger partial charge in [0.2, 0.25) is 5.95 Å². The van der Waals surface area contributed by atoms with Crippen LogP contribution in [0.3, 0.4) is 0 Å². The lowest BCUT2D eigenvalue weighted by atomic mass is 10.1. The first-order valence-corrected chi connectivity index (χ1v) is 5.96. The number of aromatic nitrogens is 2. The van der Waals surface area contributed by atoms with Gasteiger partial charge in [-0.1, -0.05) is 6.92 Å². The topological polar surface area (TPSA) is 70.1 Å². The lowest BCUT2D eigenvalue weighted by Crippen LogP contribution is -2.29. The minimum Gasteiger partial charge on any atom is -0.389 e. The van der Waals surface area contributed by atoms with Crippen molar-refractivity contribution in [1.29, 1.82) is 0 Å². The van der Waals surface area contributed by atoms with E-state index in [9.17, 15) is 5.11 Å². The summed E-state index contributed by atoms with van der Waals surface area (Å²) >= 11 is 0. The molecule has 1 aromatic rings. The summed E-state index contributed by atoms with van der Waals surface area (Å²) in [7, 11) is 0. The number of rotatable bonds is 6. The van der Waals surface area contributed by atoms with Crippen molar-refractivity contribution in [2.24, 2.45) is 0 Å². The van der Waals surface area contributed by atoms with E-state index in [1.165, 1.54) is 0 Å². The van der Waals surface area contributed by atoms with Crippen LogP contribution in [0.5, 0.6) is 0 Å². The molecule has 5 heteroatoms. The normalized spacial score (nSPS) is 11.4. The van der Waals surface area contributed by atoms with Gasteiger partial charge < -0.3 is 15.7 Å². The van der Waals surface area contributed by atoms with E-state index < -0.39 is 5.60 Å². The van der Waals surface area contributed by atoms with Crippen molar-refractivity contribution in [3.8, 4) is 0 Å². The number of anilines is 2. The van der Waals surface area contributed by atoms with E-state index in [4.69, 9.17) is 0 Å². The van der Waals surface area contributed by atoms with Crippen molar-refractivity contribution in [3.05, 3.63) is 11.8 Å². The van der Waals surface area contributed by atoms with Crippen LogP contribution in [-0.2, 0) is 0 Å². The van der Waals surface area contributed by atoms with Crippen LogP contribution in [0.15, 0.2) is 6.07 Å². The third-order valence-corrected chi connectivity index (χ3v) is 2.09. The third kappa shape index (κ3) is 5.49. The molecule has 0 unspecified atom stereocenters. The van der Waals surface area contributed by atoms with Gasteiger partial charge in [-0.05, 0) is 27.2 Å². The second-order valence-corrected chi connectivity index (χ2v) is 4.81. The Labute approximate surface area is 103 Å². The maximum absolute atomic E-state index is 9.64. The van der Waals surface area contributed by atoms with Crippen molar-refractivity contribution in [2.45, 2.75) is 39.7 Å². The molecule has 1 rings (SSSR count).